The minimum atomic E-state index is -0.310. The molecule has 2 atom stereocenters. The van der Waals surface area contributed by atoms with Gasteiger partial charge < -0.3 is 26.0 Å². The molecule has 0 radical (unpaired) electrons. The van der Waals surface area contributed by atoms with Crippen molar-refractivity contribution < 1.29 is 13.9 Å². The summed E-state index contributed by atoms with van der Waals surface area (Å²) in [5.74, 6) is 7.33. The predicted molar refractivity (Wildman–Crippen MR) is 152 cm³/mol. The van der Waals surface area contributed by atoms with Crippen molar-refractivity contribution in [1.82, 2.24) is 25.9 Å². The molecule has 1 saturated heterocycles. The molecule has 200 valence electrons. The van der Waals surface area contributed by atoms with Crippen LogP contribution in [0.25, 0.3) is 10.2 Å². The van der Waals surface area contributed by atoms with E-state index in [1.54, 1.807) is 24.3 Å². The third-order valence-electron chi connectivity index (χ3n) is 5.96. The number of hydrogen-bond acceptors (Lipinski definition) is 7. The van der Waals surface area contributed by atoms with Crippen LogP contribution in [0.5, 0.6) is 5.75 Å². The maximum Gasteiger partial charge on any atom is 0.315 e. The Kier molecular flexibility index (Phi) is 8.42. The highest BCUT2D eigenvalue weighted by Gasteiger charge is 2.23. The molecule has 39 heavy (non-hydrogen) atoms. The number of rotatable bonds is 7. The predicted octanol–water partition coefficient (Wildman–Crippen LogP) is 5.21. The summed E-state index contributed by atoms with van der Waals surface area (Å²) in [7, 11) is 0. The molecule has 1 aliphatic rings. The Hall–Kier alpha value is -3.91. The van der Waals surface area contributed by atoms with E-state index in [9.17, 15) is 9.18 Å². The number of urea groups is 1. The van der Waals surface area contributed by atoms with Crippen LogP contribution in [0.1, 0.15) is 23.8 Å². The quantitative estimate of drug-likeness (QED) is 0.230. The van der Waals surface area contributed by atoms with Crippen LogP contribution in [0.2, 0.25) is 5.02 Å². The Morgan fingerprint density at radius 2 is 2.15 bits per heavy atom. The first-order valence-corrected chi connectivity index (χ1v) is 13.6. The van der Waals surface area contributed by atoms with Gasteiger partial charge in [-0.2, -0.15) is 0 Å². The second-order valence-electron chi connectivity index (χ2n) is 8.90. The molecule has 1 fully saturated rings. The van der Waals surface area contributed by atoms with E-state index in [2.05, 4.69) is 43.1 Å². The molecule has 0 saturated carbocycles. The zero-order valence-corrected chi connectivity index (χ0v) is 22.6. The van der Waals surface area contributed by atoms with Crippen molar-refractivity contribution in [3.8, 4) is 17.6 Å². The molecule has 2 aromatic heterocycles. The van der Waals surface area contributed by atoms with E-state index in [0.717, 1.165) is 27.2 Å². The fourth-order valence-corrected chi connectivity index (χ4v) is 5.29. The van der Waals surface area contributed by atoms with Gasteiger partial charge in [0.05, 0.1) is 26.2 Å². The Morgan fingerprint density at radius 1 is 1.26 bits per heavy atom. The third kappa shape index (κ3) is 6.95. The summed E-state index contributed by atoms with van der Waals surface area (Å²) in [6.07, 6.45) is 2.24. The first-order valence-electron chi connectivity index (χ1n) is 12.4. The van der Waals surface area contributed by atoms with Crippen molar-refractivity contribution in [2.75, 3.05) is 18.4 Å². The van der Waals surface area contributed by atoms with Crippen LogP contribution in [-0.4, -0.2) is 41.2 Å². The lowest BCUT2D eigenvalue weighted by molar-refractivity contribution is 0.238. The lowest BCUT2D eigenvalue weighted by Crippen LogP contribution is -2.42. The van der Waals surface area contributed by atoms with Crippen LogP contribution >= 0.6 is 22.9 Å². The van der Waals surface area contributed by atoms with Crippen molar-refractivity contribution in [3.05, 3.63) is 76.1 Å². The standard InChI is InChI=1S/C28H26ClFN6O2S/c1-2-31-28(37)36-21-11-19(32-14-21)6-8-22-13-24-26(39-22)27(34-16-33-24)35-20-7-9-25(23(29)12-20)38-15-17-4-3-5-18(30)10-17/h3-5,7,9-10,12-13,16,19,21,32H,2,11,14-15H2,1H3,(H2,31,36,37)(H,33,34,35)/t19-,21-/m1/s1. The minimum Gasteiger partial charge on any atom is -0.487 e. The van der Waals surface area contributed by atoms with E-state index >= 15 is 0 Å². The number of benzene rings is 2. The summed E-state index contributed by atoms with van der Waals surface area (Å²) in [5, 5.41) is 12.8. The molecule has 2 amide bonds. The van der Waals surface area contributed by atoms with Gasteiger partial charge in [0.15, 0.2) is 5.82 Å². The number of nitrogens with zero attached hydrogens (tertiary/aromatic N) is 2. The highest BCUT2D eigenvalue weighted by molar-refractivity contribution is 7.20. The molecular formula is C28H26ClFN6O2S. The molecule has 3 heterocycles. The van der Waals surface area contributed by atoms with Gasteiger partial charge in [-0.3, -0.25) is 0 Å². The van der Waals surface area contributed by atoms with Gasteiger partial charge in [-0.05, 0) is 55.3 Å². The van der Waals surface area contributed by atoms with E-state index in [-0.39, 0.29) is 30.5 Å². The van der Waals surface area contributed by atoms with Crippen LogP contribution < -0.4 is 26.0 Å². The van der Waals surface area contributed by atoms with Gasteiger partial charge in [0, 0.05) is 24.8 Å². The number of halogens is 2. The monoisotopic (exact) mass is 564 g/mol. The number of carbonyl (C=O) groups excluding carboxylic acids is 1. The van der Waals surface area contributed by atoms with E-state index in [0.29, 0.717) is 35.2 Å². The average Bonchev–Trinajstić information content (AvgIpc) is 3.54. The van der Waals surface area contributed by atoms with Gasteiger partial charge in [0.25, 0.3) is 0 Å². The van der Waals surface area contributed by atoms with Crippen LogP contribution in [0, 0.1) is 17.7 Å². The van der Waals surface area contributed by atoms with E-state index < -0.39 is 0 Å². The Morgan fingerprint density at radius 3 is 2.97 bits per heavy atom. The fourth-order valence-electron chi connectivity index (χ4n) is 4.14. The zero-order valence-electron chi connectivity index (χ0n) is 21.1. The molecule has 4 N–H and O–H groups in total. The topological polar surface area (TPSA) is 100 Å². The number of nitrogens with one attached hydrogen (secondary N) is 4. The molecule has 4 aromatic rings. The number of hydrogen-bond donors (Lipinski definition) is 4. The molecule has 1 aliphatic heterocycles. The van der Waals surface area contributed by atoms with Crippen LogP contribution in [0.15, 0.2) is 54.9 Å². The maximum absolute atomic E-state index is 13.4. The molecule has 8 nitrogen and oxygen atoms in total. The number of thiophene rings is 1. The molecule has 0 aliphatic carbocycles. The van der Waals surface area contributed by atoms with Crippen LogP contribution in [0.4, 0.5) is 20.7 Å². The van der Waals surface area contributed by atoms with E-state index in [1.807, 2.05) is 19.1 Å². The summed E-state index contributed by atoms with van der Waals surface area (Å²) in [6, 6.07) is 13.4. The second-order valence-corrected chi connectivity index (χ2v) is 10.4. The van der Waals surface area contributed by atoms with Crippen molar-refractivity contribution in [2.24, 2.45) is 0 Å². The molecule has 2 aromatic carbocycles. The molecular weight excluding hydrogens is 539 g/mol. The molecule has 0 bridgehead atoms. The lowest BCUT2D eigenvalue weighted by Gasteiger charge is -2.11. The van der Waals surface area contributed by atoms with E-state index in [4.69, 9.17) is 16.3 Å². The summed E-state index contributed by atoms with van der Waals surface area (Å²) in [5.41, 5.74) is 2.24. The Bertz CT molecular complexity index is 1550. The molecule has 0 spiro atoms. The number of anilines is 2. The van der Waals surface area contributed by atoms with Crippen LogP contribution in [0.3, 0.4) is 0 Å². The highest BCUT2D eigenvalue weighted by Crippen LogP contribution is 2.33. The Labute approximate surface area is 234 Å². The number of amides is 2. The summed E-state index contributed by atoms with van der Waals surface area (Å²) in [4.78, 5) is 21.4. The Balaban J connectivity index is 1.24. The smallest absolute Gasteiger partial charge is 0.315 e. The van der Waals surface area contributed by atoms with Crippen LogP contribution in [-0.2, 0) is 6.61 Å². The maximum atomic E-state index is 13.4. The zero-order chi connectivity index (χ0) is 27.2. The van der Waals surface area contributed by atoms with Crippen molar-refractivity contribution >= 4 is 50.7 Å². The first kappa shape index (κ1) is 26.7. The third-order valence-corrected chi connectivity index (χ3v) is 7.30. The van der Waals surface area contributed by atoms with Gasteiger partial charge in [-0.25, -0.2) is 19.2 Å². The van der Waals surface area contributed by atoms with Crippen molar-refractivity contribution in [2.45, 2.75) is 32.0 Å². The minimum absolute atomic E-state index is 0.00499. The van der Waals surface area contributed by atoms with Gasteiger partial charge in [0.2, 0.25) is 0 Å². The fraction of sp³-hybridized carbons (Fsp3) is 0.250. The average molecular weight is 565 g/mol. The second kappa shape index (κ2) is 12.3. The summed E-state index contributed by atoms with van der Waals surface area (Å²) < 4.78 is 20.1. The van der Waals surface area contributed by atoms with Gasteiger partial charge in [-0.1, -0.05) is 35.6 Å². The molecule has 0 unspecified atom stereocenters. The molecule has 11 heteroatoms. The number of ether oxygens (including phenoxy) is 1. The van der Waals surface area contributed by atoms with E-state index in [1.165, 1.54) is 29.8 Å². The molecule has 5 rings (SSSR count). The van der Waals surface area contributed by atoms with Crippen molar-refractivity contribution in [3.63, 3.8) is 0 Å². The summed E-state index contributed by atoms with van der Waals surface area (Å²) >= 11 is 7.95. The number of aromatic nitrogens is 2. The summed E-state index contributed by atoms with van der Waals surface area (Å²) in [6.45, 7) is 3.36. The van der Waals surface area contributed by atoms with Gasteiger partial charge in [-0.15, -0.1) is 11.3 Å². The van der Waals surface area contributed by atoms with Gasteiger partial charge in [0.1, 0.15) is 24.5 Å². The largest absolute Gasteiger partial charge is 0.487 e. The first-order chi connectivity index (χ1) is 19.0. The number of carbonyl (C=O) groups is 1. The SMILES string of the molecule is CCNC(=O)N[C@H]1CN[C@H](C#Cc2cc3ncnc(Nc4ccc(OCc5cccc(F)c5)c(Cl)c4)c3s2)C1. The van der Waals surface area contributed by atoms with Crippen molar-refractivity contribution in [1.29, 1.82) is 0 Å². The normalized spacial score (nSPS) is 16.4. The lowest BCUT2D eigenvalue weighted by atomic mass is 10.2. The number of fused-ring (bicyclic) bond motifs is 1. The highest BCUT2D eigenvalue weighted by atomic mass is 35.5. The van der Waals surface area contributed by atoms with Gasteiger partial charge >= 0.3 is 6.03 Å².